The molecule has 1 unspecified atom stereocenters. The maximum Gasteiger partial charge on any atom is 0.306 e. The summed E-state index contributed by atoms with van der Waals surface area (Å²) >= 11 is 0. The van der Waals surface area contributed by atoms with Crippen LogP contribution in [0, 0.1) is 0 Å². The van der Waals surface area contributed by atoms with Gasteiger partial charge in [-0.15, -0.1) is 0 Å². The molecule has 0 rings (SSSR count). The molecule has 0 heterocycles. The Morgan fingerprint density at radius 3 is 1.42 bits per heavy atom. The van der Waals surface area contributed by atoms with E-state index in [1.165, 1.54) is 122 Å². The molecule has 4 heteroatoms. The lowest BCUT2D eigenvalue weighted by molar-refractivity contribution is -0.149. The van der Waals surface area contributed by atoms with E-state index in [0.29, 0.717) is 12.8 Å². The van der Waals surface area contributed by atoms with Gasteiger partial charge in [0, 0.05) is 12.8 Å². The van der Waals surface area contributed by atoms with Crippen molar-refractivity contribution in [1.82, 2.24) is 0 Å². The number of aliphatic carboxylic acids is 1. The van der Waals surface area contributed by atoms with Gasteiger partial charge in [-0.3, -0.25) is 9.59 Å². The topological polar surface area (TPSA) is 63.6 Å². The van der Waals surface area contributed by atoms with Crippen LogP contribution in [0.15, 0.2) is 24.3 Å². The van der Waals surface area contributed by atoms with Crippen molar-refractivity contribution >= 4 is 11.9 Å². The van der Waals surface area contributed by atoms with E-state index >= 15 is 0 Å². The second-order valence-corrected chi connectivity index (χ2v) is 12.7. The van der Waals surface area contributed by atoms with Crippen molar-refractivity contribution in [2.75, 3.05) is 0 Å². The molecule has 0 saturated carbocycles. The molecule has 0 amide bonds. The predicted molar refractivity (Wildman–Crippen MR) is 186 cm³/mol. The Kier molecular flexibility index (Phi) is 33.6. The van der Waals surface area contributed by atoms with E-state index in [9.17, 15) is 9.59 Å². The molecular formula is C39H72O4. The second kappa shape index (κ2) is 34.9. The first-order valence-corrected chi connectivity index (χ1v) is 18.8. The van der Waals surface area contributed by atoms with Gasteiger partial charge in [0.1, 0.15) is 6.10 Å². The van der Waals surface area contributed by atoms with Crippen molar-refractivity contribution in [3.63, 3.8) is 0 Å². The summed E-state index contributed by atoms with van der Waals surface area (Å²) in [5.41, 5.74) is 0. The standard InChI is InChI=1S/C39H72O4/c1-3-5-6-7-8-9-10-11-12-13-14-15-16-17-18-19-20-24-27-30-33-36-39(42)43-37(4-2)34-31-28-25-22-21-23-26-29-32-35-38(40)41/h8-9,11-12,37H,3-7,10,13-36H2,1-2H3,(H,40,41)/b9-8-,12-11-. The molecule has 0 fully saturated rings. The summed E-state index contributed by atoms with van der Waals surface area (Å²) in [6.45, 7) is 4.38. The number of esters is 1. The summed E-state index contributed by atoms with van der Waals surface area (Å²) in [7, 11) is 0. The van der Waals surface area contributed by atoms with E-state index < -0.39 is 5.97 Å². The third kappa shape index (κ3) is 34.8. The van der Waals surface area contributed by atoms with Crippen LogP contribution in [0.25, 0.3) is 0 Å². The van der Waals surface area contributed by atoms with Crippen LogP contribution in [-0.2, 0) is 14.3 Å². The molecule has 43 heavy (non-hydrogen) atoms. The highest BCUT2D eigenvalue weighted by Gasteiger charge is 2.12. The van der Waals surface area contributed by atoms with Crippen LogP contribution in [0.5, 0.6) is 0 Å². The molecule has 252 valence electrons. The molecule has 0 aliphatic carbocycles. The summed E-state index contributed by atoms with van der Waals surface area (Å²) in [6.07, 6.45) is 44.3. The van der Waals surface area contributed by atoms with Crippen LogP contribution in [0.4, 0.5) is 0 Å². The first-order valence-electron chi connectivity index (χ1n) is 18.8. The molecule has 0 aliphatic heterocycles. The lowest BCUT2D eigenvalue weighted by Crippen LogP contribution is -2.17. The van der Waals surface area contributed by atoms with Gasteiger partial charge >= 0.3 is 11.9 Å². The number of hydrogen-bond donors (Lipinski definition) is 1. The average molecular weight is 605 g/mol. The monoisotopic (exact) mass is 605 g/mol. The third-order valence-corrected chi connectivity index (χ3v) is 8.50. The fourth-order valence-electron chi connectivity index (χ4n) is 5.62. The van der Waals surface area contributed by atoms with Crippen molar-refractivity contribution in [3.05, 3.63) is 24.3 Å². The molecule has 4 nitrogen and oxygen atoms in total. The smallest absolute Gasteiger partial charge is 0.306 e. The molecule has 0 aromatic rings. The number of carboxylic acids is 1. The number of ether oxygens (including phenoxy) is 1. The number of carbonyl (C=O) groups is 2. The Labute approximate surface area is 267 Å². The molecule has 0 aliphatic rings. The maximum absolute atomic E-state index is 12.3. The predicted octanol–water partition coefficient (Wildman–Crippen LogP) is 12.8. The maximum atomic E-state index is 12.3. The molecule has 0 spiro atoms. The van der Waals surface area contributed by atoms with Gasteiger partial charge in [0.2, 0.25) is 0 Å². The van der Waals surface area contributed by atoms with Crippen molar-refractivity contribution in [2.45, 2.75) is 213 Å². The van der Waals surface area contributed by atoms with Crippen LogP contribution in [-0.4, -0.2) is 23.1 Å². The minimum atomic E-state index is -0.681. The highest BCUT2D eigenvalue weighted by molar-refractivity contribution is 5.69. The SMILES string of the molecule is CCCCC/C=C\C/C=C\CCCCCCCCCCCCCC(=O)OC(CC)CCCCCCCCCCCC(=O)O. The van der Waals surface area contributed by atoms with E-state index in [-0.39, 0.29) is 12.1 Å². The number of hydrogen-bond acceptors (Lipinski definition) is 3. The van der Waals surface area contributed by atoms with Crippen molar-refractivity contribution in [1.29, 1.82) is 0 Å². The quantitative estimate of drug-likeness (QED) is 0.0451. The van der Waals surface area contributed by atoms with Gasteiger partial charge in [-0.05, 0) is 64.2 Å². The van der Waals surface area contributed by atoms with Gasteiger partial charge in [0.15, 0.2) is 0 Å². The molecule has 0 aromatic heterocycles. The van der Waals surface area contributed by atoms with Crippen molar-refractivity contribution in [3.8, 4) is 0 Å². The van der Waals surface area contributed by atoms with Gasteiger partial charge in [-0.1, -0.05) is 154 Å². The number of allylic oxidation sites excluding steroid dienone is 4. The highest BCUT2D eigenvalue weighted by atomic mass is 16.5. The zero-order chi connectivity index (χ0) is 31.5. The first kappa shape index (κ1) is 41.4. The summed E-state index contributed by atoms with van der Waals surface area (Å²) in [6, 6.07) is 0. The van der Waals surface area contributed by atoms with Crippen LogP contribution in [0.1, 0.15) is 206 Å². The van der Waals surface area contributed by atoms with E-state index in [2.05, 4.69) is 38.2 Å². The Bertz CT molecular complexity index is 654. The Morgan fingerprint density at radius 1 is 0.535 bits per heavy atom. The first-order chi connectivity index (χ1) is 21.1. The zero-order valence-corrected chi connectivity index (χ0v) is 28.8. The molecule has 0 bridgehead atoms. The van der Waals surface area contributed by atoms with Gasteiger partial charge < -0.3 is 9.84 Å². The normalized spacial score (nSPS) is 12.4. The summed E-state index contributed by atoms with van der Waals surface area (Å²) in [4.78, 5) is 22.8. The number of unbranched alkanes of at least 4 members (excludes halogenated alkanes) is 22. The van der Waals surface area contributed by atoms with Gasteiger partial charge in [0.05, 0.1) is 0 Å². The number of carbonyl (C=O) groups excluding carboxylic acids is 1. The summed E-state index contributed by atoms with van der Waals surface area (Å²) in [5, 5.41) is 8.66. The second-order valence-electron chi connectivity index (χ2n) is 12.7. The molecule has 1 N–H and O–H groups in total. The van der Waals surface area contributed by atoms with Crippen LogP contribution in [0.2, 0.25) is 0 Å². The van der Waals surface area contributed by atoms with Crippen LogP contribution >= 0.6 is 0 Å². The zero-order valence-electron chi connectivity index (χ0n) is 28.8. The fourth-order valence-corrected chi connectivity index (χ4v) is 5.62. The largest absolute Gasteiger partial charge is 0.481 e. The minimum absolute atomic E-state index is 0.000110. The van der Waals surface area contributed by atoms with E-state index in [1.807, 2.05) is 0 Å². The van der Waals surface area contributed by atoms with E-state index in [1.54, 1.807) is 0 Å². The lowest BCUT2D eigenvalue weighted by atomic mass is 10.0. The fraction of sp³-hybridized carbons (Fsp3) is 0.846. The molecular weight excluding hydrogens is 532 g/mol. The van der Waals surface area contributed by atoms with Crippen LogP contribution < -0.4 is 0 Å². The summed E-state index contributed by atoms with van der Waals surface area (Å²) < 4.78 is 5.76. The van der Waals surface area contributed by atoms with Crippen LogP contribution in [0.3, 0.4) is 0 Å². The molecule has 0 aromatic carbocycles. The van der Waals surface area contributed by atoms with Gasteiger partial charge in [-0.2, -0.15) is 0 Å². The Hall–Kier alpha value is -1.58. The van der Waals surface area contributed by atoms with Gasteiger partial charge in [0.25, 0.3) is 0 Å². The van der Waals surface area contributed by atoms with E-state index in [0.717, 1.165) is 57.8 Å². The molecule has 0 saturated heterocycles. The number of carboxylic acid groups (broad SMARTS) is 1. The summed E-state index contributed by atoms with van der Waals surface area (Å²) in [5.74, 6) is -0.681. The number of rotatable bonds is 34. The Morgan fingerprint density at radius 2 is 0.953 bits per heavy atom. The van der Waals surface area contributed by atoms with Crippen molar-refractivity contribution in [2.24, 2.45) is 0 Å². The van der Waals surface area contributed by atoms with Crippen molar-refractivity contribution < 1.29 is 19.4 Å². The highest BCUT2D eigenvalue weighted by Crippen LogP contribution is 2.16. The molecule has 0 radical (unpaired) electrons. The third-order valence-electron chi connectivity index (χ3n) is 8.50. The van der Waals surface area contributed by atoms with Gasteiger partial charge in [-0.25, -0.2) is 0 Å². The average Bonchev–Trinajstić information content (AvgIpc) is 2.99. The van der Waals surface area contributed by atoms with E-state index in [4.69, 9.17) is 9.84 Å². The minimum Gasteiger partial charge on any atom is -0.481 e. The lowest BCUT2D eigenvalue weighted by Gasteiger charge is -2.16. The molecule has 1 atom stereocenters. The Balaban J connectivity index is 3.42.